The van der Waals surface area contributed by atoms with Crippen molar-refractivity contribution < 1.29 is 22.5 Å². The Morgan fingerprint density at radius 1 is 1.27 bits per heavy atom. The van der Waals surface area contributed by atoms with Crippen LogP contribution >= 0.6 is 0 Å². The summed E-state index contributed by atoms with van der Waals surface area (Å²) in [6, 6.07) is 5.05. The van der Waals surface area contributed by atoms with E-state index in [9.17, 15) is 17.6 Å². The zero-order chi connectivity index (χ0) is 18.7. The van der Waals surface area contributed by atoms with Crippen molar-refractivity contribution in [2.75, 3.05) is 45.8 Å². The van der Waals surface area contributed by atoms with Crippen molar-refractivity contribution in [1.29, 1.82) is 0 Å². The summed E-state index contributed by atoms with van der Waals surface area (Å²) in [5.41, 5.74) is 0. The fourth-order valence-corrected chi connectivity index (χ4v) is 5.29. The number of piperazine rings is 1. The van der Waals surface area contributed by atoms with Gasteiger partial charge in [-0.15, -0.1) is 0 Å². The van der Waals surface area contributed by atoms with Crippen LogP contribution in [0.5, 0.6) is 0 Å². The van der Waals surface area contributed by atoms with Crippen LogP contribution in [0.15, 0.2) is 29.2 Å². The topological polar surface area (TPSA) is 62.1 Å². The van der Waals surface area contributed by atoms with Crippen molar-refractivity contribution in [3.8, 4) is 0 Å². The van der Waals surface area contributed by atoms with E-state index < -0.39 is 15.8 Å². The molecule has 0 aliphatic carbocycles. The van der Waals surface area contributed by atoms with Crippen LogP contribution in [0.4, 0.5) is 4.39 Å². The Kier molecular flexibility index (Phi) is 5.94. The number of carbonyl (C=O) groups excluding carboxylic acids is 1. The van der Waals surface area contributed by atoms with Gasteiger partial charge >= 0.3 is 0 Å². The van der Waals surface area contributed by atoms with Gasteiger partial charge in [-0.25, -0.2) is 12.8 Å². The van der Waals surface area contributed by atoms with Crippen LogP contribution in [-0.4, -0.2) is 69.3 Å². The van der Waals surface area contributed by atoms with Crippen LogP contribution in [0.25, 0.3) is 0 Å². The smallest absolute Gasteiger partial charge is 0.277 e. The molecular weight excluding hydrogens is 357 g/mol. The molecule has 8 heteroatoms. The summed E-state index contributed by atoms with van der Waals surface area (Å²) in [5.74, 6) is 0.176. The van der Waals surface area contributed by atoms with Gasteiger partial charge in [0, 0.05) is 32.1 Å². The maximum Gasteiger partial charge on any atom is 0.277 e. The molecule has 1 N–H and O–H groups in total. The zero-order valence-electron chi connectivity index (χ0n) is 15.2. The Morgan fingerprint density at radius 3 is 2.65 bits per heavy atom. The number of piperidine rings is 1. The van der Waals surface area contributed by atoms with E-state index in [4.69, 9.17) is 0 Å². The Hall–Kier alpha value is -1.51. The Labute approximate surface area is 154 Å². The van der Waals surface area contributed by atoms with E-state index in [1.54, 1.807) is 4.90 Å². The number of hydrogen-bond acceptors (Lipinski definition) is 3. The number of quaternary nitrogens is 1. The van der Waals surface area contributed by atoms with Crippen molar-refractivity contribution in [3.63, 3.8) is 0 Å². The number of nitrogens with zero attached hydrogens (tertiary/aromatic N) is 2. The maximum absolute atomic E-state index is 13.3. The number of nitrogens with one attached hydrogen (secondary N) is 1. The Balaban J connectivity index is 1.56. The number of carbonyl (C=O) groups is 1. The molecule has 0 saturated carbocycles. The lowest BCUT2D eigenvalue weighted by Gasteiger charge is -2.35. The van der Waals surface area contributed by atoms with Gasteiger partial charge in [0.25, 0.3) is 5.91 Å². The first-order chi connectivity index (χ1) is 12.4. The van der Waals surface area contributed by atoms with Crippen LogP contribution < -0.4 is 4.90 Å². The number of benzene rings is 1. The predicted octanol–water partition coefficient (Wildman–Crippen LogP) is -0.0266. The second-order valence-electron chi connectivity index (χ2n) is 7.37. The first-order valence-electron chi connectivity index (χ1n) is 9.23. The van der Waals surface area contributed by atoms with Crippen LogP contribution in [0.1, 0.15) is 19.8 Å². The second-order valence-corrected chi connectivity index (χ2v) is 9.31. The molecule has 1 aromatic carbocycles. The molecule has 1 amide bonds. The molecule has 26 heavy (non-hydrogen) atoms. The van der Waals surface area contributed by atoms with Gasteiger partial charge in [0.1, 0.15) is 5.82 Å². The minimum Gasteiger partial charge on any atom is -0.335 e. The number of likely N-dealkylation sites (tertiary alicyclic amines) is 1. The molecule has 144 valence electrons. The first kappa shape index (κ1) is 19.3. The van der Waals surface area contributed by atoms with Gasteiger partial charge in [-0.2, -0.15) is 4.31 Å². The molecule has 0 radical (unpaired) electrons. The number of hydrogen-bond donors (Lipinski definition) is 1. The van der Waals surface area contributed by atoms with Gasteiger partial charge in [0.05, 0.1) is 18.0 Å². The SMILES string of the molecule is C[C@H]1CCC[NH+](CC(=O)N2CCN(S(=O)(=O)c3cccc(F)c3)CC2)C1. The van der Waals surface area contributed by atoms with E-state index in [0.29, 0.717) is 25.6 Å². The van der Waals surface area contributed by atoms with Crippen molar-refractivity contribution in [2.24, 2.45) is 5.92 Å². The van der Waals surface area contributed by atoms with Gasteiger partial charge in [-0.3, -0.25) is 4.79 Å². The van der Waals surface area contributed by atoms with Gasteiger partial charge in [0.2, 0.25) is 10.0 Å². The second kappa shape index (κ2) is 8.02. The molecule has 0 bridgehead atoms. The summed E-state index contributed by atoms with van der Waals surface area (Å²) < 4.78 is 39.9. The summed E-state index contributed by atoms with van der Waals surface area (Å²) in [6.45, 7) is 6.03. The summed E-state index contributed by atoms with van der Waals surface area (Å²) in [6.07, 6.45) is 2.39. The predicted molar refractivity (Wildman–Crippen MR) is 95.7 cm³/mol. The fraction of sp³-hybridized carbons (Fsp3) is 0.611. The summed E-state index contributed by atoms with van der Waals surface area (Å²) in [7, 11) is -3.72. The van der Waals surface area contributed by atoms with E-state index in [1.807, 2.05) is 0 Å². The highest BCUT2D eigenvalue weighted by Crippen LogP contribution is 2.18. The maximum atomic E-state index is 13.3. The molecule has 3 rings (SSSR count). The molecule has 2 aliphatic heterocycles. The van der Waals surface area contributed by atoms with E-state index in [1.165, 1.54) is 33.8 Å². The highest BCUT2D eigenvalue weighted by molar-refractivity contribution is 7.89. The van der Waals surface area contributed by atoms with Crippen molar-refractivity contribution >= 4 is 15.9 Å². The standard InChI is InChI=1S/C18H26FN3O3S/c1-15-4-3-7-20(13-15)14-18(23)21-8-10-22(11-9-21)26(24,25)17-6-2-5-16(19)12-17/h2,5-6,12,15H,3-4,7-11,13-14H2,1H3/p+1/t15-/m0/s1. The van der Waals surface area contributed by atoms with Gasteiger partial charge in [-0.1, -0.05) is 13.0 Å². The summed E-state index contributed by atoms with van der Waals surface area (Å²) in [5, 5.41) is 0. The minimum absolute atomic E-state index is 0.0379. The molecule has 0 aromatic heterocycles. The minimum atomic E-state index is -3.72. The van der Waals surface area contributed by atoms with Gasteiger partial charge < -0.3 is 9.80 Å². The highest BCUT2D eigenvalue weighted by Gasteiger charge is 2.32. The number of sulfonamides is 1. The number of halogens is 1. The molecule has 2 heterocycles. The van der Waals surface area contributed by atoms with Crippen LogP contribution in [0.2, 0.25) is 0 Å². The monoisotopic (exact) mass is 384 g/mol. The Bertz CT molecular complexity index is 748. The highest BCUT2D eigenvalue weighted by atomic mass is 32.2. The normalized spacial score (nSPS) is 25.2. The molecule has 6 nitrogen and oxygen atoms in total. The van der Waals surface area contributed by atoms with Crippen molar-refractivity contribution in [1.82, 2.24) is 9.21 Å². The average molecular weight is 384 g/mol. The third kappa shape index (κ3) is 4.42. The average Bonchev–Trinajstić information content (AvgIpc) is 2.62. The molecule has 2 aliphatic rings. The third-order valence-electron chi connectivity index (χ3n) is 5.29. The summed E-state index contributed by atoms with van der Waals surface area (Å²) in [4.78, 5) is 15.6. The number of amides is 1. The molecule has 1 unspecified atom stereocenters. The van der Waals surface area contributed by atoms with E-state index in [0.717, 1.165) is 25.6 Å². The van der Waals surface area contributed by atoms with Gasteiger partial charge in [0.15, 0.2) is 6.54 Å². The van der Waals surface area contributed by atoms with Crippen LogP contribution in [-0.2, 0) is 14.8 Å². The molecule has 0 spiro atoms. The Morgan fingerprint density at radius 2 is 2.00 bits per heavy atom. The van der Waals surface area contributed by atoms with E-state index in [2.05, 4.69) is 6.92 Å². The van der Waals surface area contributed by atoms with Gasteiger partial charge in [-0.05, 0) is 31.0 Å². The molecule has 1 aromatic rings. The lowest BCUT2D eigenvalue weighted by molar-refractivity contribution is -0.900. The lowest BCUT2D eigenvalue weighted by atomic mass is 10.0. The largest absolute Gasteiger partial charge is 0.335 e. The third-order valence-corrected chi connectivity index (χ3v) is 7.19. The van der Waals surface area contributed by atoms with E-state index >= 15 is 0 Å². The van der Waals surface area contributed by atoms with Crippen molar-refractivity contribution in [3.05, 3.63) is 30.1 Å². The number of rotatable bonds is 4. The molecule has 2 atom stereocenters. The molecule has 2 saturated heterocycles. The van der Waals surface area contributed by atoms with Crippen LogP contribution in [0, 0.1) is 11.7 Å². The van der Waals surface area contributed by atoms with E-state index in [-0.39, 0.29) is 23.9 Å². The molecular formula is C18H27FN3O3S+. The quantitative estimate of drug-likeness (QED) is 0.793. The lowest BCUT2D eigenvalue weighted by Crippen LogP contribution is -3.14. The molecule has 2 fully saturated rings. The fourth-order valence-electron chi connectivity index (χ4n) is 3.84. The zero-order valence-corrected chi connectivity index (χ0v) is 16.0. The van der Waals surface area contributed by atoms with Crippen molar-refractivity contribution in [2.45, 2.75) is 24.7 Å². The first-order valence-corrected chi connectivity index (χ1v) is 10.7. The summed E-state index contributed by atoms with van der Waals surface area (Å²) >= 11 is 0. The van der Waals surface area contributed by atoms with Crippen LogP contribution in [0.3, 0.4) is 0 Å².